The number of hydrogen-bond donors (Lipinski definition) is 2. The number of nitrogens with zero attached hydrogens (tertiary/aromatic N) is 4. The Bertz CT molecular complexity index is 1310. The maximum absolute atomic E-state index is 15.0. The van der Waals surface area contributed by atoms with Crippen LogP contribution in [0, 0.1) is 12.7 Å². The van der Waals surface area contributed by atoms with Gasteiger partial charge in [0.25, 0.3) is 5.92 Å². The molecule has 11 heteroatoms. The number of carbonyl (C=O) groups is 1. The minimum Gasteiger partial charge on any atom is -0.387 e. The van der Waals surface area contributed by atoms with Gasteiger partial charge in [-0.15, -0.1) is 0 Å². The first kappa shape index (κ1) is 26.7. The number of alkyl halides is 2. The standard InChI is InChI=1S/C26H30F3N5O3/c1-15(17-6-5-7-19(22(17)27)25(3,28)29)32-23-18-12-20(16(2)33-24(18)31-14-30-23)26(37-4)8-10-34(11-9-26)21(36)13-35/h5-7,12,14-15,35H,8-11,13H2,1-4H3,(H,30,31,32,33)/t15-/m1/s1. The van der Waals surface area contributed by atoms with E-state index in [9.17, 15) is 23.1 Å². The molecule has 8 nitrogen and oxygen atoms in total. The molecule has 4 rings (SSSR count). The minimum absolute atomic E-state index is 0.0837. The Balaban J connectivity index is 1.70. The molecule has 37 heavy (non-hydrogen) atoms. The Morgan fingerprint density at radius 1 is 1.30 bits per heavy atom. The predicted molar refractivity (Wildman–Crippen MR) is 132 cm³/mol. The number of aryl methyl sites for hydroxylation is 1. The third kappa shape index (κ3) is 5.10. The van der Waals surface area contributed by atoms with Gasteiger partial charge in [0, 0.05) is 43.9 Å². The van der Waals surface area contributed by atoms with E-state index in [4.69, 9.17) is 4.74 Å². The molecule has 1 aromatic carbocycles. The van der Waals surface area contributed by atoms with Crippen molar-refractivity contribution >= 4 is 22.8 Å². The Labute approximate surface area is 212 Å². The Morgan fingerprint density at radius 3 is 2.62 bits per heavy atom. The lowest BCUT2D eigenvalue weighted by Gasteiger charge is -2.41. The quantitative estimate of drug-likeness (QED) is 0.484. The van der Waals surface area contributed by atoms with Crippen LogP contribution in [0.3, 0.4) is 0 Å². The molecule has 198 valence electrons. The molecule has 0 unspecified atom stereocenters. The van der Waals surface area contributed by atoms with Gasteiger partial charge in [0.05, 0.1) is 22.6 Å². The van der Waals surface area contributed by atoms with Crippen LogP contribution < -0.4 is 5.32 Å². The van der Waals surface area contributed by atoms with Crippen molar-refractivity contribution in [1.82, 2.24) is 19.9 Å². The van der Waals surface area contributed by atoms with E-state index in [0.29, 0.717) is 55.4 Å². The lowest BCUT2D eigenvalue weighted by Crippen LogP contribution is -2.47. The van der Waals surface area contributed by atoms with Gasteiger partial charge in [0.1, 0.15) is 24.6 Å². The van der Waals surface area contributed by atoms with Crippen molar-refractivity contribution in [3.05, 3.63) is 58.8 Å². The lowest BCUT2D eigenvalue weighted by molar-refractivity contribution is -0.140. The molecule has 0 spiro atoms. The van der Waals surface area contributed by atoms with Crippen molar-refractivity contribution in [2.45, 2.75) is 51.2 Å². The second-order valence-corrected chi connectivity index (χ2v) is 9.42. The van der Waals surface area contributed by atoms with Gasteiger partial charge in [-0.25, -0.2) is 28.1 Å². The van der Waals surface area contributed by atoms with Crippen LogP contribution in [0.1, 0.15) is 55.1 Å². The summed E-state index contributed by atoms with van der Waals surface area (Å²) in [7, 11) is 1.61. The highest BCUT2D eigenvalue weighted by molar-refractivity contribution is 5.87. The number of fused-ring (bicyclic) bond motifs is 1. The first-order valence-electron chi connectivity index (χ1n) is 12.0. The van der Waals surface area contributed by atoms with E-state index in [2.05, 4.69) is 20.3 Å². The number of ether oxygens (including phenoxy) is 1. The van der Waals surface area contributed by atoms with Crippen LogP contribution in [0.4, 0.5) is 19.0 Å². The van der Waals surface area contributed by atoms with E-state index in [0.717, 1.165) is 11.6 Å². The average Bonchev–Trinajstić information content (AvgIpc) is 2.87. The van der Waals surface area contributed by atoms with Crippen molar-refractivity contribution in [2.75, 3.05) is 32.1 Å². The minimum atomic E-state index is -3.32. The van der Waals surface area contributed by atoms with Crippen molar-refractivity contribution in [1.29, 1.82) is 0 Å². The molecule has 1 aliphatic heterocycles. The summed E-state index contributed by atoms with van der Waals surface area (Å²) in [6, 6.07) is 5.14. The van der Waals surface area contributed by atoms with Gasteiger partial charge < -0.3 is 20.1 Å². The molecule has 3 aromatic rings. The second-order valence-electron chi connectivity index (χ2n) is 9.42. The number of carbonyl (C=O) groups excluding carboxylic acids is 1. The molecular weight excluding hydrogens is 487 g/mol. The van der Waals surface area contributed by atoms with Gasteiger partial charge in [-0.3, -0.25) is 4.79 Å². The Hall–Kier alpha value is -3.31. The molecule has 0 radical (unpaired) electrons. The van der Waals surface area contributed by atoms with Crippen LogP contribution in [0.5, 0.6) is 0 Å². The molecule has 2 N–H and O–H groups in total. The van der Waals surface area contributed by atoms with Crippen molar-refractivity contribution in [3.8, 4) is 0 Å². The second kappa shape index (κ2) is 10.2. The first-order chi connectivity index (χ1) is 17.5. The summed E-state index contributed by atoms with van der Waals surface area (Å²) in [4.78, 5) is 26.8. The third-order valence-corrected chi connectivity index (χ3v) is 7.08. The molecule has 3 heterocycles. The molecule has 1 amide bonds. The molecule has 1 aliphatic rings. The maximum Gasteiger partial charge on any atom is 0.273 e. The van der Waals surface area contributed by atoms with Crippen LogP contribution in [-0.4, -0.2) is 57.7 Å². The number of nitrogens with one attached hydrogen (secondary N) is 1. The van der Waals surface area contributed by atoms with Crippen molar-refractivity contribution < 1.29 is 27.8 Å². The first-order valence-corrected chi connectivity index (χ1v) is 12.0. The predicted octanol–water partition coefficient (Wildman–Crippen LogP) is 4.21. The van der Waals surface area contributed by atoms with Crippen LogP contribution >= 0.6 is 0 Å². The van der Waals surface area contributed by atoms with Gasteiger partial charge in [0.15, 0.2) is 5.65 Å². The average molecular weight is 518 g/mol. The molecule has 1 saturated heterocycles. The van der Waals surface area contributed by atoms with Gasteiger partial charge >= 0.3 is 0 Å². The zero-order valence-electron chi connectivity index (χ0n) is 21.2. The maximum atomic E-state index is 15.0. The highest BCUT2D eigenvalue weighted by atomic mass is 19.3. The van der Waals surface area contributed by atoms with Crippen LogP contribution in [0.15, 0.2) is 30.6 Å². The lowest BCUT2D eigenvalue weighted by atomic mass is 9.82. The molecule has 1 fully saturated rings. The van der Waals surface area contributed by atoms with Crippen molar-refractivity contribution in [3.63, 3.8) is 0 Å². The van der Waals surface area contributed by atoms with E-state index >= 15 is 0 Å². The SMILES string of the molecule is COC1(c2cc3c(N[C@H](C)c4cccc(C(C)(F)F)c4F)ncnc3nc2C)CCN(C(=O)CO)CC1. The molecule has 0 aliphatic carbocycles. The molecule has 0 bridgehead atoms. The van der Waals surface area contributed by atoms with Gasteiger partial charge in [-0.2, -0.15) is 0 Å². The highest BCUT2D eigenvalue weighted by Crippen LogP contribution is 2.40. The molecular formula is C26H30F3N5O3. The number of halogens is 3. The number of benzene rings is 1. The zero-order valence-corrected chi connectivity index (χ0v) is 21.2. The van der Waals surface area contributed by atoms with E-state index in [-0.39, 0.29) is 11.5 Å². The summed E-state index contributed by atoms with van der Waals surface area (Å²) in [5.74, 6) is -4.24. The molecule has 1 atom stereocenters. The fourth-order valence-corrected chi connectivity index (χ4v) is 4.96. The molecule has 0 saturated carbocycles. The zero-order chi connectivity index (χ0) is 27.0. The van der Waals surface area contributed by atoms with Crippen LogP contribution in [0.2, 0.25) is 0 Å². The summed E-state index contributed by atoms with van der Waals surface area (Å²) >= 11 is 0. The fraction of sp³-hybridized carbons (Fsp3) is 0.462. The van der Waals surface area contributed by atoms with Crippen LogP contribution in [0.25, 0.3) is 11.0 Å². The number of anilines is 1. The van der Waals surface area contributed by atoms with E-state index in [1.807, 2.05) is 13.0 Å². The third-order valence-electron chi connectivity index (χ3n) is 7.08. The van der Waals surface area contributed by atoms with Crippen molar-refractivity contribution in [2.24, 2.45) is 0 Å². The van der Waals surface area contributed by atoms with Gasteiger partial charge in [-0.05, 0) is 32.8 Å². The monoisotopic (exact) mass is 517 g/mol. The molecule has 2 aromatic heterocycles. The van der Waals surface area contributed by atoms with Crippen LogP contribution in [-0.2, 0) is 21.1 Å². The smallest absolute Gasteiger partial charge is 0.273 e. The van der Waals surface area contributed by atoms with E-state index in [1.165, 1.54) is 18.5 Å². The summed E-state index contributed by atoms with van der Waals surface area (Å²) in [6.45, 7) is 4.46. The number of amides is 1. The highest BCUT2D eigenvalue weighted by Gasteiger charge is 2.39. The number of rotatable bonds is 7. The number of methoxy groups -OCH3 is 1. The number of aliphatic hydroxyl groups is 1. The number of aliphatic hydroxyl groups excluding tert-OH is 1. The summed E-state index contributed by atoms with van der Waals surface area (Å²) in [5.41, 5.74) is 0.628. The number of likely N-dealkylation sites (tertiary alicyclic amines) is 1. The number of aromatic nitrogens is 3. The van der Waals surface area contributed by atoms with Gasteiger partial charge in [-0.1, -0.05) is 18.2 Å². The number of hydrogen-bond acceptors (Lipinski definition) is 7. The van der Waals surface area contributed by atoms with Gasteiger partial charge in [0.2, 0.25) is 5.91 Å². The number of piperidine rings is 1. The largest absolute Gasteiger partial charge is 0.387 e. The summed E-state index contributed by atoms with van der Waals surface area (Å²) in [5, 5.41) is 12.9. The summed E-state index contributed by atoms with van der Waals surface area (Å²) in [6.07, 6.45) is 2.33. The van der Waals surface area contributed by atoms with E-state index in [1.54, 1.807) is 18.9 Å². The number of pyridine rings is 1. The normalized spacial score (nSPS) is 16.6. The topological polar surface area (TPSA) is 100 Å². The Kier molecular flexibility index (Phi) is 7.38. The summed E-state index contributed by atoms with van der Waals surface area (Å²) < 4.78 is 48.7. The van der Waals surface area contributed by atoms with E-state index < -0.39 is 35.6 Å². The fourth-order valence-electron chi connectivity index (χ4n) is 4.96. The Morgan fingerprint density at radius 2 is 2.00 bits per heavy atom.